The molecule has 2 aromatic rings. The summed E-state index contributed by atoms with van der Waals surface area (Å²) in [6.07, 6.45) is 3.27. The van der Waals surface area contributed by atoms with Crippen LogP contribution in [-0.4, -0.2) is 34.1 Å². The molecule has 23 heavy (non-hydrogen) atoms. The van der Waals surface area contributed by atoms with Gasteiger partial charge in [-0.2, -0.15) is 0 Å². The summed E-state index contributed by atoms with van der Waals surface area (Å²) in [6, 6.07) is 8.50. The highest BCUT2D eigenvalue weighted by Gasteiger charge is 2.19. The number of nitrogens with one attached hydrogen (secondary N) is 1. The van der Waals surface area contributed by atoms with E-state index in [0.717, 1.165) is 25.9 Å². The summed E-state index contributed by atoms with van der Waals surface area (Å²) in [6.45, 7) is 1.58. The molecule has 1 saturated heterocycles. The lowest BCUT2D eigenvalue weighted by Gasteiger charge is -2.26. The highest BCUT2D eigenvalue weighted by atomic mass is 35.5. The molecular weight excluding hydrogens is 335 g/mol. The Labute approximate surface area is 144 Å². The molecule has 1 aliphatic rings. The Morgan fingerprint density at radius 2 is 1.83 bits per heavy atom. The SMILES string of the molecule is O=C(c1ccc(Nc2cc(Cl)ccc2Cl)nn1)N1CCCCC1. The van der Waals surface area contributed by atoms with E-state index in [1.165, 1.54) is 6.42 Å². The second-order valence-electron chi connectivity index (χ2n) is 5.41. The standard InChI is InChI=1S/C16H16Cl2N4O/c17-11-4-5-12(18)14(10-11)19-15-7-6-13(20-21-15)16(23)22-8-2-1-3-9-22/h4-7,10H,1-3,8-9H2,(H,19,21). The molecule has 1 aromatic carbocycles. The highest BCUT2D eigenvalue weighted by molar-refractivity contribution is 6.35. The van der Waals surface area contributed by atoms with Gasteiger partial charge in [-0.25, -0.2) is 0 Å². The molecule has 5 nitrogen and oxygen atoms in total. The molecule has 120 valence electrons. The molecule has 0 bridgehead atoms. The maximum atomic E-state index is 12.3. The molecule has 1 fully saturated rings. The van der Waals surface area contributed by atoms with Gasteiger partial charge in [0.25, 0.3) is 5.91 Å². The molecule has 2 heterocycles. The van der Waals surface area contributed by atoms with Crippen molar-refractivity contribution < 1.29 is 4.79 Å². The average Bonchev–Trinajstić information content (AvgIpc) is 2.59. The predicted molar refractivity (Wildman–Crippen MR) is 91.5 cm³/mol. The van der Waals surface area contributed by atoms with Crippen LogP contribution in [0.4, 0.5) is 11.5 Å². The van der Waals surface area contributed by atoms with Crippen LogP contribution in [0.3, 0.4) is 0 Å². The Hall–Kier alpha value is -1.85. The van der Waals surface area contributed by atoms with Crippen LogP contribution in [0.1, 0.15) is 29.8 Å². The minimum Gasteiger partial charge on any atom is -0.337 e. The van der Waals surface area contributed by atoms with E-state index < -0.39 is 0 Å². The van der Waals surface area contributed by atoms with Crippen molar-refractivity contribution >= 4 is 40.6 Å². The molecule has 1 N–H and O–H groups in total. The number of rotatable bonds is 3. The smallest absolute Gasteiger partial charge is 0.274 e. The molecule has 1 aliphatic heterocycles. The predicted octanol–water partition coefficient (Wildman–Crippen LogP) is 4.15. The minimum absolute atomic E-state index is 0.0652. The van der Waals surface area contributed by atoms with Crippen molar-refractivity contribution in [1.29, 1.82) is 0 Å². The van der Waals surface area contributed by atoms with Gasteiger partial charge in [-0.1, -0.05) is 23.2 Å². The summed E-state index contributed by atoms with van der Waals surface area (Å²) in [5.74, 6) is 0.439. The Kier molecular flexibility index (Phi) is 4.98. The number of carbonyl (C=O) groups is 1. The van der Waals surface area contributed by atoms with Crippen LogP contribution in [0, 0.1) is 0 Å². The van der Waals surface area contributed by atoms with E-state index >= 15 is 0 Å². The highest BCUT2D eigenvalue weighted by Crippen LogP contribution is 2.27. The van der Waals surface area contributed by atoms with Gasteiger partial charge < -0.3 is 10.2 Å². The molecule has 0 aliphatic carbocycles. The number of carbonyl (C=O) groups excluding carboxylic acids is 1. The number of nitrogens with zero attached hydrogens (tertiary/aromatic N) is 3. The molecule has 3 rings (SSSR count). The third-order valence-corrected chi connectivity index (χ3v) is 4.28. The second kappa shape index (κ2) is 7.15. The zero-order valence-corrected chi connectivity index (χ0v) is 13.9. The van der Waals surface area contributed by atoms with Crippen LogP contribution < -0.4 is 5.32 Å². The van der Waals surface area contributed by atoms with Crippen molar-refractivity contribution in [1.82, 2.24) is 15.1 Å². The quantitative estimate of drug-likeness (QED) is 0.902. The normalized spacial score (nSPS) is 14.6. The fraction of sp³-hybridized carbons (Fsp3) is 0.312. The summed E-state index contributed by atoms with van der Waals surface area (Å²) in [5.41, 5.74) is 0.998. The summed E-state index contributed by atoms with van der Waals surface area (Å²) in [4.78, 5) is 14.2. The largest absolute Gasteiger partial charge is 0.337 e. The fourth-order valence-electron chi connectivity index (χ4n) is 2.50. The van der Waals surface area contributed by atoms with Crippen molar-refractivity contribution in [2.45, 2.75) is 19.3 Å². The van der Waals surface area contributed by atoms with Gasteiger partial charge in [0, 0.05) is 18.1 Å². The third-order valence-electron chi connectivity index (χ3n) is 3.72. The molecule has 7 heteroatoms. The van der Waals surface area contributed by atoms with Crippen LogP contribution in [-0.2, 0) is 0 Å². The van der Waals surface area contributed by atoms with Gasteiger partial charge in [-0.15, -0.1) is 10.2 Å². The van der Waals surface area contributed by atoms with Gasteiger partial charge in [0.1, 0.15) is 0 Å². The van der Waals surface area contributed by atoms with Crippen molar-refractivity contribution in [2.24, 2.45) is 0 Å². The minimum atomic E-state index is -0.0652. The summed E-state index contributed by atoms with van der Waals surface area (Å²) in [7, 11) is 0. The number of likely N-dealkylation sites (tertiary alicyclic amines) is 1. The van der Waals surface area contributed by atoms with Gasteiger partial charge in [0.05, 0.1) is 10.7 Å². The lowest BCUT2D eigenvalue weighted by atomic mass is 10.1. The summed E-state index contributed by atoms with van der Waals surface area (Å²) < 4.78 is 0. The van der Waals surface area contributed by atoms with E-state index in [-0.39, 0.29) is 5.91 Å². The zero-order valence-electron chi connectivity index (χ0n) is 12.4. The van der Waals surface area contributed by atoms with Gasteiger partial charge in [-0.3, -0.25) is 4.79 Å². The number of piperidine rings is 1. The molecule has 0 atom stereocenters. The maximum absolute atomic E-state index is 12.3. The topological polar surface area (TPSA) is 58.1 Å². The first-order valence-electron chi connectivity index (χ1n) is 7.48. The van der Waals surface area contributed by atoms with E-state index in [9.17, 15) is 4.79 Å². The van der Waals surface area contributed by atoms with Gasteiger partial charge in [0.15, 0.2) is 11.5 Å². The van der Waals surface area contributed by atoms with E-state index in [1.807, 2.05) is 4.90 Å². The van der Waals surface area contributed by atoms with E-state index in [0.29, 0.717) is 27.2 Å². The Bertz CT molecular complexity index is 700. The fourth-order valence-corrected chi connectivity index (χ4v) is 2.84. The van der Waals surface area contributed by atoms with Crippen molar-refractivity contribution in [3.8, 4) is 0 Å². The Morgan fingerprint density at radius 1 is 1.04 bits per heavy atom. The van der Waals surface area contributed by atoms with Crippen LogP contribution in [0.2, 0.25) is 10.0 Å². The number of hydrogen-bond acceptors (Lipinski definition) is 4. The third kappa shape index (κ3) is 3.92. The van der Waals surface area contributed by atoms with E-state index in [4.69, 9.17) is 23.2 Å². The molecular formula is C16H16Cl2N4O. The molecule has 0 radical (unpaired) electrons. The number of anilines is 2. The number of halogens is 2. The maximum Gasteiger partial charge on any atom is 0.274 e. The molecule has 1 amide bonds. The first kappa shape index (κ1) is 16.0. The summed E-state index contributed by atoms with van der Waals surface area (Å²) in [5, 5.41) is 12.2. The Balaban J connectivity index is 1.71. The van der Waals surface area contributed by atoms with Gasteiger partial charge in [0.2, 0.25) is 0 Å². The average molecular weight is 351 g/mol. The zero-order chi connectivity index (χ0) is 16.2. The van der Waals surface area contributed by atoms with Crippen molar-refractivity contribution in [2.75, 3.05) is 18.4 Å². The number of amides is 1. The van der Waals surface area contributed by atoms with Crippen molar-refractivity contribution in [3.05, 3.63) is 46.1 Å². The van der Waals surface area contributed by atoms with Crippen LogP contribution in [0.25, 0.3) is 0 Å². The molecule has 0 spiro atoms. The number of benzene rings is 1. The van der Waals surface area contributed by atoms with Gasteiger partial charge in [-0.05, 0) is 49.6 Å². The monoisotopic (exact) mass is 350 g/mol. The second-order valence-corrected chi connectivity index (χ2v) is 6.25. The lowest BCUT2D eigenvalue weighted by molar-refractivity contribution is 0.0717. The number of aromatic nitrogens is 2. The summed E-state index contributed by atoms with van der Waals surface area (Å²) >= 11 is 12.1. The molecule has 0 unspecified atom stereocenters. The molecule has 0 saturated carbocycles. The van der Waals surface area contributed by atoms with Crippen LogP contribution in [0.15, 0.2) is 30.3 Å². The lowest BCUT2D eigenvalue weighted by Crippen LogP contribution is -2.36. The Morgan fingerprint density at radius 3 is 2.52 bits per heavy atom. The van der Waals surface area contributed by atoms with Gasteiger partial charge >= 0.3 is 0 Å². The van der Waals surface area contributed by atoms with Crippen LogP contribution >= 0.6 is 23.2 Å². The van der Waals surface area contributed by atoms with Crippen LogP contribution in [0.5, 0.6) is 0 Å². The molecule has 1 aromatic heterocycles. The first-order valence-corrected chi connectivity index (χ1v) is 8.24. The van der Waals surface area contributed by atoms with E-state index in [2.05, 4.69) is 15.5 Å². The van der Waals surface area contributed by atoms with E-state index in [1.54, 1.807) is 30.3 Å². The first-order chi connectivity index (χ1) is 11.1. The number of hydrogen-bond donors (Lipinski definition) is 1. The van der Waals surface area contributed by atoms with Crippen molar-refractivity contribution in [3.63, 3.8) is 0 Å².